The third-order valence-electron chi connectivity index (χ3n) is 2.39. The number of hydrogen-bond donors (Lipinski definition) is 6. The van der Waals surface area contributed by atoms with Crippen LogP contribution in [0, 0.1) is 5.92 Å². The SMILES string of the molecule is CCOC(=O)CC(C)C.OC[C@@H](O)[C@@H](O)[C@H](O)[C@H](O)CO. The van der Waals surface area contributed by atoms with Gasteiger partial charge in [0.15, 0.2) is 0 Å². The predicted octanol–water partition coefficient (Wildman–Crippen LogP) is -1.99. The molecule has 0 aromatic rings. The van der Waals surface area contributed by atoms with E-state index in [4.69, 9.17) is 35.4 Å². The number of hydrogen-bond acceptors (Lipinski definition) is 8. The molecule has 0 aliphatic rings. The quantitative estimate of drug-likeness (QED) is 0.282. The van der Waals surface area contributed by atoms with Crippen LogP contribution in [-0.2, 0) is 9.53 Å². The van der Waals surface area contributed by atoms with Gasteiger partial charge in [-0.05, 0) is 12.8 Å². The molecule has 0 saturated carbocycles. The largest absolute Gasteiger partial charge is 0.466 e. The first kappa shape index (κ1) is 22.5. The molecule has 0 radical (unpaired) electrons. The molecule has 0 rings (SSSR count). The van der Waals surface area contributed by atoms with Gasteiger partial charge >= 0.3 is 5.97 Å². The Balaban J connectivity index is 0. The lowest BCUT2D eigenvalue weighted by Crippen LogP contribution is -2.46. The van der Waals surface area contributed by atoms with Crippen LogP contribution in [0.2, 0.25) is 0 Å². The number of aliphatic hydroxyl groups excluding tert-OH is 6. The van der Waals surface area contributed by atoms with Gasteiger partial charge in [-0.2, -0.15) is 0 Å². The van der Waals surface area contributed by atoms with Gasteiger partial charge < -0.3 is 35.4 Å². The van der Waals surface area contributed by atoms with Crippen molar-refractivity contribution in [3.63, 3.8) is 0 Å². The predicted molar refractivity (Wildman–Crippen MR) is 74.3 cm³/mol. The topological polar surface area (TPSA) is 148 Å². The van der Waals surface area contributed by atoms with Crippen LogP contribution in [0.15, 0.2) is 0 Å². The molecule has 8 nitrogen and oxygen atoms in total. The van der Waals surface area contributed by atoms with Gasteiger partial charge in [0.25, 0.3) is 0 Å². The second-order valence-electron chi connectivity index (χ2n) is 4.88. The zero-order chi connectivity index (χ0) is 17.0. The maximum Gasteiger partial charge on any atom is 0.306 e. The van der Waals surface area contributed by atoms with E-state index in [-0.39, 0.29) is 5.97 Å². The fourth-order valence-corrected chi connectivity index (χ4v) is 1.22. The van der Waals surface area contributed by atoms with E-state index in [1.807, 2.05) is 20.8 Å². The van der Waals surface area contributed by atoms with Gasteiger partial charge in [-0.3, -0.25) is 4.79 Å². The van der Waals surface area contributed by atoms with E-state index < -0.39 is 37.6 Å². The first-order valence-corrected chi connectivity index (χ1v) is 6.80. The molecule has 8 heteroatoms. The molecule has 0 heterocycles. The van der Waals surface area contributed by atoms with Crippen LogP contribution in [0.4, 0.5) is 0 Å². The summed E-state index contributed by atoms with van der Waals surface area (Å²) in [7, 11) is 0. The average molecular weight is 312 g/mol. The summed E-state index contributed by atoms with van der Waals surface area (Å²) in [4.78, 5) is 10.6. The molecule has 0 fully saturated rings. The number of carbonyl (C=O) groups excluding carboxylic acids is 1. The molecule has 0 saturated heterocycles. The summed E-state index contributed by atoms with van der Waals surface area (Å²) in [5.74, 6) is 0.316. The molecule has 21 heavy (non-hydrogen) atoms. The molecular weight excluding hydrogens is 284 g/mol. The van der Waals surface area contributed by atoms with Crippen molar-refractivity contribution in [3.05, 3.63) is 0 Å². The van der Waals surface area contributed by atoms with Crippen molar-refractivity contribution >= 4 is 5.97 Å². The Kier molecular flexibility index (Phi) is 13.9. The summed E-state index contributed by atoms with van der Waals surface area (Å²) in [6.07, 6.45) is -5.86. The third kappa shape index (κ3) is 11.6. The zero-order valence-corrected chi connectivity index (χ0v) is 12.7. The van der Waals surface area contributed by atoms with Gasteiger partial charge in [0.1, 0.15) is 24.4 Å². The van der Waals surface area contributed by atoms with Crippen LogP contribution in [0.25, 0.3) is 0 Å². The molecule has 0 aromatic carbocycles. The molecule has 0 unspecified atom stereocenters. The summed E-state index contributed by atoms with van der Waals surface area (Å²) < 4.78 is 4.71. The van der Waals surface area contributed by atoms with Gasteiger partial charge in [0, 0.05) is 6.42 Å². The maximum atomic E-state index is 10.6. The first-order valence-electron chi connectivity index (χ1n) is 6.80. The summed E-state index contributed by atoms with van der Waals surface area (Å²) in [6, 6.07) is 0. The smallest absolute Gasteiger partial charge is 0.306 e. The highest BCUT2D eigenvalue weighted by Crippen LogP contribution is 2.04. The Morgan fingerprint density at radius 2 is 1.33 bits per heavy atom. The monoisotopic (exact) mass is 312 g/mol. The molecule has 0 bridgehead atoms. The molecule has 0 amide bonds. The lowest BCUT2D eigenvalue weighted by Gasteiger charge is -2.24. The van der Waals surface area contributed by atoms with E-state index in [0.29, 0.717) is 18.9 Å². The standard InChI is InChI=1S/C7H14O2.C6H14O6/c1-4-9-7(8)5-6(2)3;7-1-3(9)5(11)6(12)4(10)2-8/h6H,4-5H2,1-3H3;3-12H,1-2H2/t;3-,4-,5-,6-/m.1/s1. The van der Waals surface area contributed by atoms with Gasteiger partial charge in [0.2, 0.25) is 0 Å². The number of ether oxygens (including phenoxy) is 1. The van der Waals surface area contributed by atoms with Crippen LogP contribution in [-0.4, -0.2) is 80.8 Å². The highest BCUT2D eigenvalue weighted by Gasteiger charge is 2.29. The second kappa shape index (κ2) is 12.9. The van der Waals surface area contributed by atoms with E-state index in [1.165, 1.54) is 0 Å². The molecule has 4 atom stereocenters. The van der Waals surface area contributed by atoms with Crippen molar-refractivity contribution in [2.45, 2.75) is 51.6 Å². The number of aliphatic hydroxyl groups is 6. The number of esters is 1. The summed E-state index contributed by atoms with van der Waals surface area (Å²) >= 11 is 0. The van der Waals surface area contributed by atoms with Gasteiger partial charge in [0.05, 0.1) is 19.8 Å². The molecule has 0 spiro atoms. The van der Waals surface area contributed by atoms with E-state index >= 15 is 0 Å². The van der Waals surface area contributed by atoms with Crippen LogP contribution in [0.3, 0.4) is 0 Å². The molecule has 0 aliphatic carbocycles. The van der Waals surface area contributed by atoms with E-state index in [2.05, 4.69) is 0 Å². The second-order valence-corrected chi connectivity index (χ2v) is 4.88. The summed E-state index contributed by atoms with van der Waals surface area (Å²) in [5, 5.41) is 52.2. The molecule has 0 aliphatic heterocycles. The Bertz CT molecular complexity index is 245. The first-order chi connectivity index (χ1) is 9.70. The Morgan fingerprint density at radius 3 is 1.57 bits per heavy atom. The minimum Gasteiger partial charge on any atom is -0.466 e. The lowest BCUT2D eigenvalue weighted by atomic mass is 10.0. The summed E-state index contributed by atoms with van der Waals surface area (Å²) in [5.41, 5.74) is 0. The Hall–Kier alpha value is -0.770. The summed E-state index contributed by atoms with van der Waals surface area (Å²) in [6.45, 7) is 4.85. The lowest BCUT2D eigenvalue weighted by molar-refractivity contribution is -0.143. The average Bonchev–Trinajstić information content (AvgIpc) is 2.44. The van der Waals surface area contributed by atoms with Gasteiger partial charge in [-0.25, -0.2) is 0 Å². The van der Waals surface area contributed by atoms with Crippen LogP contribution in [0.5, 0.6) is 0 Å². The minimum absolute atomic E-state index is 0.0903. The van der Waals surface area contributed by atoms with Crippen molar-refractivity contribution < 1.29 is 40.2 Å². The normalized spacial score (nSPS) is 16.5. The van der Waals surface area contributed by atoms with Crippen LogP contribution >= 0.6 is 0 Å². The molecule has 6 N–H and O–H groups in total. The van der Waals surface area contributed by atoms with Crippen molar-refractivity contribution in [2.24, 2.45) is 5.92 Å². The van der Waals surface area contributed by atoms with Crippen LogP contribution < -0.4 is 0 Å². The van der Waals surface area contributed by atoms with Crippen molar-refractivity contribution in [1.82, 2.24) is 0 Å². The Labute approximate surface area is 124 Å². The van der Waals surface area contributed by atoms with Crippen molar-refractivity contribution in [3.8, 4) is 0 Å². The van der Waals surface area contributed by atoms with E-state index in [0.717, 1.165) is 0 Å². The minimum atomic E-state index is -1.67. The third-order valence-corrected chi connectivity index (χ3v) is 2.39. The molecular formula is C13H28O8. The zero-order valence-electron chi connectivity index (χ0n) is 12.7. The van der Waals surface area contributed by atoms with E-state index in [1.54, 1.807) is 0 Å². The Morgan fingerprint density at radius 1 is 0.952 bits per heavy atom. The van der Waals surface area contributed by atoms with Gasteiger partial charge in [-0.1, -0.05) is 13.8 Å². The fraction of sp³-hybridized carbons (Fsp3) is 0.923. The van der Waals surface area contributed by atoms with E-state index in [9.17, 15) is 4.79 Å². The number of carbonyl (C=O) groups is 1. The fourth-order valence-electron chi connectivity index (χ4n) is 1.22. The highest BCUT2D eigenvalue weighted by molar-refractivity contribution is 5.69. The molecule has 128 valence electrons. The maximum absolute atomic E-state index is 10.6. The molecule has 0 aromatic heterocycles. The van der Waals surface area contributed by atoms with Crippen molar-refractivity contribution in [1.29, 1.82) is 0 Å². The van der Waals surface area contributed by atoms with Crippen molar-refractivity contribution in [2.75, 3.05) is 19.8 Å². The van der Waals surface area contributed by atoms with Gasteiger partial charge in [-0.15, -0.1) is 0 Å². The number of rotatable bonds is 8. The van der Waals surface area contributed by atoms with Crippen LogP contribution in [0.1, 0.15) is 27.2 Å². The highest BCUT2D eigenvalue weighted by atomic mass is 16.5.